The third kappa shape index (κ3) is 4.74. The van der Waals surface area contributed by atoms with Gasteiger partial charge >= 0.3 is 0 Å². The van der Waals surface area contributed by atoms with Gasteiger partial charge < -0.3 is 10.2 Å². The van der Waals surface area contributed by atoms with E-state index in [1.54, 1.807) is 41.3 Å². The van der Waals surface area contributed by atoms with E-state index >= 15 is 0 Å². The third-order valence-corrected chi connectivity index (χ3v) is 6.60. The van der Waals surface area contributed by atoms with E-state index in [0.29, 0.717) is 38.3 Å². The van der Waals surface area contributed by atoms with Crippen LogP contribution in [0.3, 0.4) is 0 Å². The van der Waals surface area contributed by atoms with Crippen LogP contribution < -0.4 is 5.32 Å². The molecule has 6 nitrogen and oxygen atoms in total. The first-order chi connectivity index (χ1) is 13.0. The molecule has 0 saturated carbocycles. The van der Waals surface area contributed by atoms with Crippen LogP contribution >= 0.6 is 0 Å². The van der Waals surface area contributed by atoms with Crippen LogP contribution in [0.25, 0.3) is 0 Å². The van der Waals surface area contributed by atoms with Crippen LogP contribution in [0.5, 0.6) is 0 Å². The fraction of sp³-hybridized carbons (Fsp3) is 0.350. The first-order valence-corrected chi connectivity index (χ1v) is 10.5. The molecule has 0 unspecified atom stereocenters. The van der Waals surface area contributed by atoms with E-state index in [1.807, 2.05) is 25.1 Å². The van der Waals surface area contributed by atoms with Crippen LogP contribution in [-0.4, -0.2) is 62.8 Å². The van der Waals surface area contributed by atoms with E-state index in [2.05, 4.69) is 5.32 Å². The standard InChI is InChI=1S/C20H25N3O3S/c1-17-7-9-19(10-8-17)27(25,26)23-14-12-21-11-13-22(15-16-23)20(24)18-5-3-2-4-6-18/h2-10,21H,11-16H2,1H3. The van der Waals surface area contributed by atoms with Crippen molar-refractivity contribution in [3.8, 4) is 0 Å². The zero-order valence-electron chi connectivity index (χ0n) is 15.5. The molecule has 0 radical (unpaired) electrons. The van der Waals surface area contributed by atoms with Gasteiger partial charge in [0.2, 0.25) is 10.0 Å². The molecule has 1 saturated heterocycles. The first-order valence-electron chi connectivity index (χ1n) is 9.10. The molecule has 3 rings (SSSR count). The van der Waals surface area contributed by atoms with Crippen molar-refractivity contribution in [3.63, 3.8) is 0 Å². The quantitative estimate of drug-likeness (QED) is 0.871. The Morgan fingerprint density at radius 2 is 1.56 bits per heavy atom. The van der Waals surface area contributed by atoms with Gasteiger partial charge in [-0.05, 0) is 31.2 Å². The molecule has 2 aromatic rings. The Kier molecular flexibility index (Phi) is 6.26. The van der Waals surface area contributed by atoms with Crippen molar-refractivity contribution in [2.75, 3.05) is 39.3 Å². The van der Waals surface area contributed by atoms with Crippen molar-refractivity contribution < 1.29 is 13.2 Å². The number of sulfonamides is 1. The number of benzene rings is 2. The van der Waals surface area contributed by atoms with Crippen molar-refractivity contribution in [2.24, 2.45) is 0 Å². The predicted molar refractivity (Wildman–Crippen MR) is 105 cm³/mol. The molecule has 1 heterocycles. The number of hydrogen-bond donors (Lipinski definition) is 1. The number of amides is 1. The van der Waals surface area contributed by atoms with E-state index < -0.39 is 10.0 Å². The number of carbonyl (C=O) groups excluding carboxylic acids is 1. The molecular formula is C20H25N3O3S. The van der Waals surface area contributed by atoms with Crippen molar-refractivity contribution in [1.82, 2.24) is 14.5 Å². The first kappa shape index (κ1) is 19.5. The summed E-state index contributed by atoms with van der Waals surface area (Å²) >= 11 is 0. The Morgan fingerprint density at radius 3 is 2.26 bits per heavy atom. The van der Waals surface area contributed by atoms with Crippen LogP contribution in [0.4, 0.5) is 0 Å². The molecule has 0 aromatic heterocycles. The maximum Gasteiger partial charge on any atom is 0.253 e. The lowest BCUT2D eigenvalue weighted by molar-refractivity contribution is 0.0754. The Bertz CT molecular complexity index is 867. The van der Waals surface area contributed by atoms with Gasteiger partial charge in [-0.15, -0.1) is 0 Å². The number of nitrogens with one attached hydrogen (secondary N) is 1. The van der Waals surface area contributed by atoms with Gasteiger partial charge in [0.05, 0.1) is 4.90 Å². The highest BCUT2D eigenvalue weighted by Crippen LogP contribution is 2.17. The summed E-state index contributed by atoms with van der Waals surface area (Å²) in [7, 11) is -3.59. The molecule has 0 bridgehead atoms. The summed E-state index contributed by atoms with van der Waals surface area (Å²) in [5.74, 6) is -0.0769. The summed E-state index contributed by atoms with van der Waals surface area (Å²) < 4.78 is 27.5. The predicted octanol–water partition coefficient (Wildman–Crippen LogP) is 1.73. The second kappa shape index (κ2) is 8.65. The number of hydrogen-bond acceptors (Lipinski definition) is 4. The molecule has 1 aliphatic heterocycles. The highest BCUT2D eigenvalue weighted by atomic mass is 32.2. The molecule has 144 valence electrons. The Hall–Kier alpha value is -2.22. The average molecular weight is 388 g/mol. The third-order valence-electron chi connectivity index (χ3n) is 4.68. The molecular weight excluding hydrogens is 362 g/mol. The van der Waals surface area contributed by atoms with Gasteiger partial charge in [-0.3, -0.25) is 4.79 Å². The summed E-state index contributed by atoms with van der Waals surface area (Å²) in [4.78, 5) is 14.8. The average Bonchev–Trinajstić information content (AvgIpc) is 2.81. The van der Waals surface area contributed by atoms with Crippen molar-refractivity contribution in [3.05, 3.63) is 65.7 Å². The van der Waals surface area contributed by atoms with Gasteiger partial charge in [0.1, 0.15) is 0 Å². The van der Waals surface area contributed by atoms with E-state index in [1.165, 1.54) is 4.31 Å². The molecule has 1 amide bonds. The van der Waals surface area contributed by atoms with E-state index in [-0.39, 0.29) is 17.3 Å². The molecule has 0 atom stereocenters. The zero-order chi connectivity index (χ0) is 19.3. The summed E-state index contributed by atoms with van der Waals surface area (Å²) in [5, 5.41) is 3.23. The molecule has 0 aliphatic carbocycles. The minimum atomic E-state index is -3.59. The highest BCUT2D eigenvalue weighted by Gasteiger charge is 2.26. The Labute approximate surface area is 160 Å². The van der Waals surface area contributed by atoms with Crippen LogP contribution in [0.2, 0.25) is 0 Å². The minimum absolute atomic E-state index is 0.0769. The topological polar surface area (TPSA) is 69.7 Å². The lowest BCUT2D eigenvalue weighted by Crippen LogP contribution is -2.41. The largest absolute Gasteiger partial charge is 0.336 e. The van der Waals surface area contributed by atoms with Gasteiger partial charge in [-0.1, -0.05) is 35.9 Å². The smallest absolute Gasteiger partial charge is 0.253 e. The second-order valence-corrected chi connectivity index (χ2v) is 8.56. The Balaban J connectivity index is 1.78. The van der Waals surface area contributed by atoms with Gasteiger partial charge in [-0.25, -0.2) is 8.42 Å². The van der Waals surface area contributed by atoms with Crippen LogP contribution in [0.15, 0.2) is 59.5 Å². The number of nitrogens with zero attached hydrogens (tertiary/aromatic N) is 2. The molecule has 27 heavy (non-hydrogen) atoms. The number of rotatable bonds is 3. The van der Waals surface area contributed by atoms with Crippen LogP contribution in [-0.2, 0) is 10.0 Å². The molecule has 7 heteroatoms. The van der Waals surface area contributed by atoms with Crippen molar-refractivity contribution in [2.45, 2.75) is 11.8 Å². The SMILES string of the molecule is Cc1ccc(S(=O)(=O)N2CCNCCN(C(=O)c3ccccc3)CC2)cc1. The van der Waals surface area contributed by atoms with Crippen LogP contribution in [0, 0.1) is 6.92 Å². The maximum absolute atomic E-state index is 13.0. The molecule has 1 fully saturated rings. The van der Waals surface area contributed by atoms with Gasteiger partial charge in [0, 0.05) is 44.8 Å². The highest BCUT2D eigenvalue weighted by molar-refractivity contribution is 7.89. The van der Waals surface area contributed by atoms with E-state index in [0.717, 1.165) is 5.56 Å². The fourth-order valence-corrected chi connectivity index (χ4v) is 4.50. The van der Waals surface area contributed by atoms with Crippen molar-refractivity contribution >= 4 is 15.9 Å². The monoisotopic (exact) mass is 387 g/mol. The van der Waals surface area contributed by atoms with Gasteiger partial charge in [0.25, 0.3) is 5.91 Å². The Morgan fingerprint density at radius 1 is 0.889 bits per heavy atom. The summed E-state index contributed by atoms with van der Waals surface area (Å²) in [6, 6.07) is 16.0. The fourth-order valence-electron chi connectivity index (χ4n) is 3.06. The minimum Gasteiger partial charge on any atom is -0.336 e. The van der Waals surface area contributed by atoms with E-state index in [4.69, 9.17) is 0 Å². The molecule has 0 spiro atoms. The molecule has 1 aliphatic rings. The summed E-state index contributed by atoms with van der Waals surface area (Å²) in [5.41, 5.74) is 1.63. The summed E-state index contributed by atoms with van der Waals surface area (Å²) in [6.07, 6.45) is 0. The number of carbonyl (C=O) groups is 1. The second-order valence-electron chi connectivity index (χ2n) is 6.63. The van der Waals surface area contributed by atoms with Crippen molar-refractivity contribution in [1.29, 1.82) is 0 Å². The maximum atomic E-state index is 13.0. The number of aryl methyl sites for hydroxylation is 1. The normalized spacial score (nSPS) is 17.0. The van der Waals surface area contributed by atoms with Gasteiger partial charge in [-0.2, -0.15) is 4.31 Å². The zero-order valence-corrected chi connectivity index (χ0v) is 16.3. The lowest BCUT2D eigenvalue weighted by Gasteiger charge is -2.26. The van der Waals surface area contributed by atoms with Crippen LogP contribution in [0.1, 0.15) is 15.9 Å². The molecule has 2 aromatic carbocycles. The lowest BCUT2D eigenvalue weighted by atomic mass is 10.2. The summed E-state index contributed by atoms with van der Waals surface area (Å²) in [6.45, 7) is 4.68. The molecule has 1 N–H and O–H groups in total. The van der Waals surface area contributed by atoms with Gasteiger partial charge in [0.15, 0.2) is 0 Å². The van der Waals surface area contributed by atoms with E-state index in [9.17, 15) is 13.2 Å².